The van der Waals surface area contributed by atoms with Crippen molar-refractivity contribution in [2.24, 2.45) is 0 Å². The number of hydrogen-bond acceptors (Lipinski definition) is 0. The SMILES string of the molecule is C[Si](C)(C)[Si]([Te][Si]([Te][Si]([Si](C)(C)C)([Si](C)(C)C)[Si](C)(C)C)(c1ccccc1)c1ccccc1)([Si](C)(C)C)[Si](C)(C)C. The van der Waals surface area contributed by atoms with E-state index >= 15 is 0 Å². The van der Waals surface area contributed by atoms with Gasteiger partial charge >= 0.3 is 285 Å². The van der Waals surface area contributed by atoms with Crippen LogP contribution >= 0.6 is 0 Å². The van der Waals surface area contributed by atoms with Gasteiger partial charge in [-0.1, -0.05) is 0 Å². The topological polar surface area (TPSA) is 0 Å². The van der Waals surface area contributed by atoms with Crippen LogP contribution in [0.2, 0.25) is 118 Å². The van der Waals surface area contributed by atoms with Gasteiger partial charge in [0.15, 0.2) is 0 Å². The van der Waals surface area contributed by atoms with Crippen LogP contribution in [-0.4, -0.2) is 95.8 Å². The van der Waals surface area contributed by atoms with Crippen LogP contribution in [0.4, 0.5) is 0 Å². The van der Waals surface area contributed by atoms with Crippen molar-refractivity contribution in [3.63, 3.8) is 0 Å². The average Bonchev–Trinajstić information content (AvgIpc) is 2.75. The van der Waals surface area contributed by atoms with Gasteiger partial charge in [-0.25, -0.2) is 0 Å². The Kier molecular flexibility index (Phi) is 12.3. The van der Waals surface area contributed by atoms with Crippen LogP contribution in [0.1, 0.15) is 0 Å². The van der Waals surface area contributed by atoms with E-state index in [-0.39, 0.29) is 38.7 Å². The first-order valence-corrected chi connectivity index (χ1v) is 62.3. The molecule has 0 amide bonds. The van der Waals surface area contributed by atoms with Gasteiger partial charge in [-0.15, -0.1) is 0 Å². The van der Waals surface area contributed by atoms with E-state index in [4.69, 9.17) is 0 Å². The first-order valence-electron chi connectivity index (χ1n) is 15.6. The van der Waals surface area contributed by atoms with Gasteiger partial charge in [0.25, 0.3) is 0 Å². The molecule has 232 valence electrons. The summed E-state index contributed by atoms with van der Waals surface area (Å²) < 4.78 is -4.82. The zero-order valence-corrected chi connectivity index (χ0v) is 43.8. The number of rotatable bonds is 12. The third kappa shape index (κ3) is 7.28. The molecule has 2 aromatic carbocycles. The average molecular weight is 933 g/mol. The summed E-state index contributed by atoms with van der Waals surface area (Å²) in [4.78, 5) is 0. The molecule has 0 saturated carbocycles. The van der Waals surface area contributed by atoms with Gasteiger partial charge in [-0.05, 0) is 0 Å². The van der Waals surface area contributed by atoms with Gasteiger partial charge in [-0.2, -0.15) is 0 Å². The first kappa shape index (κ1) is 39.2. The molecule has 2 aromatic rings. The molecule has 0 saturated heterocycles. The summed E-state index contributed by atoms with van der Waals surface area (Å²) in [5, 5.41) is 3.82. The summed E-state index contributed by atoms with van der Waals surface area (Å²) in [6, 6.07) is 25.2. The van der Waals surface area contributed by atoms with Crippen molar-refractivity contribution in [1.29, 1.82) is 0 Å². The molecule has 0 nitrogen and oxygen atoms in total. The summed E-state index contributed by atoms with van der Waals surface area (Å²) in [5.74, 6) is 0. The van der Waals surface area contributed by atoms with Gasteiger partial charge < -0.3 is 0 Å². The van der Waals surface area contributed by atoms with E-state index in [0.29, 0.717) is 0 Å². The summed E-state index contributed by atoms with van der Waals surface area (Å²) in [6.45, 7) is 51.9. The standard InChI is InChI=1S/C30H64Si9Te2/c1-31(2,3)38(32(4,5)6,33(7,8)9)40-37(29-25-21-19-22-26-29,30-27-23-20-24-28-30)41-39(34(10,11)12,35(13,14)15)36(16,17)18/h19-28H,1-18H3. The molecular formula is C30H64Si9Te2. The Bertz CT molecular complexity index is 980. The predicted molar refractivity (Wildman–Crippen MR) is 221 cm³/mol. The maximum atomic E-state index is 2.89. The number of hydrogen-bond donors (Lipinski definition) is 0. The van der Waals surface area contributed by atoms with Gasteiger partial charge in [-0.3, -0.25) is 0 Å². The van der Waals surface area contributed by atoms with Crippen molar-refractivity contribution in [2.75, 3.05) is 0 Å². The third-order valence-electron chi connectivity index (χ3n) is 9.24. The molecule has 0 spiro atoms. The van der Waals surface area contributed by atoms with E-state index < -0.39 is 57.1 Å². The normalized spacial score (nSPS) is 15.3. The van der Waals surface area contributed by atoms with Crippen LogP contribution in [0.3, 0.4) is 0 Å². The van der Waals surface area contributed by atoms with E-state index in [1.165, 1.54) is 0 Å². The molecule has 11 heteroatoms. The van der Waals surface area contributed by atoms with Gasteiger partial charge in [0, 0.05) is 0 Å². The molecule has 0 aliphatic heterocycles. The Hall–Kier alpha value is 1.97. The minimum absolute atomic E-state index is 0.186. The second kappa shape index (κ2) is 12.9. The van der Waals surface area contributed by atoms with E-state index in [1.54, 1.807) is 0 Å². The van der Waals surface area contributed by atoms with Gasteiger partial charge in [0.1, 0.15) is 0 Å². The number of benzene rings is 2. The molecule has 0 aliphatic carbocycles. The van der Waals surface area contributed by atoms with E-state index in [1.807, 2.05) is 10.4 Å². The Balaban J connectivity index is 3.33. The second-order valence-corrected chi connectivity index (χ2v) is 161. The van der Waals surface area contributed by atoms with Crippen LogP contribution in [0.25, 0.3) is 0 Å². The Morgan fingerprint density at radius 3 is 0.683 bits per heavy atom. The Morgan fingerprint density at radius 2 is 0.512 bits per heavy atom. The molecule has 0 N–H and O–H groups in total. The van der Waals surface area contributed by atoms with Crippen LogP contribution in [0.15, 0.2) is 60.7 Å². The third-order valence-corrected chi connectivity index (χ3v) is 347. The van der Waals surface area contributed by atoms with Crippen molar-refractivity contribution in [3.05, 3.63) is 60.7 Å². The first-order chi connectivity index (χ1) is 18.1. The van der Waals surface area contributed by atoms with Crippen LogP contribution in [0.5, 0.6) is 0 Å². The molecule has 0 radical (unpaired) electrons. The fourth-order valence-corrected chi connectivity index (χ4v) is 603. The summed E-state index contributed by atoms with van der Waals surface area (Å²) >= 11 is -0.372. The molecule has 0 unspecified atom stereocenters. The molecule has 2 rings (SSSR count). The van der Waals surface area contributed by atoms with Crippen LogP contribution < -0.4 is 10.4 Å². The zero-order chi connectivity index (χ0) is 32.1. The predicted octanol–water partition coefficient (Wildman–Crippen LogP) is 8.04. The maximum absolute atomic E-state index is 2.89. The second-order valence-electron chi connectivity index (χ2n) is 18.4. The Morgan fingerprint density at radius 1 is 0.317 bits per heavy atom. The van der Waals surface area contributed by atoms with E-state index in [2.05, 4.69) is 179 Å². The van der Waals surface area contributed by atoms with Crippen molar-refractivity contribution >= 4 is 106 Å². The molecule has 41 heavy (non-hydrogen) atoms. The van der Waals surface area contributed by atoms with E-state index in [9.17, 15) is 0 Å². The summed E-state index contributed by atoms with van der Waals surface area (Å²) in [6.07, 6.45) is 0. The fourth-order valence-electron chi connectivity index (χ4n) is 9.84. The molecule has 0 aliphatic rings. The fraction of sp³-hybridized carbons (Fsp3) is 0.600. The zero-order valence-electron chi connectivity index (χ0n) is 30.1. The van der Waals surface area contributed by atoms with Crippen molar-refractivity contribution in [2.45, 2.75) is 118 Å². The van der Waals surface area contributed by atoms with Crippen LogP contribution in [-0.2, 0) is 0 Å². The monoisotopic (exact) mass is 936 g/mol. The molecule has 0 heterocycles. The Labute approximate surface area is 281 Å². The summed E-state index contributed by atoms with van der Waals surface area (Å²) in [5.41, 5.74) is 0. The minimum atomic E-state index is -1.89. The van der Waals surface area contributed by atoms with Crippen LogP contribution in [0, 0.1) is 0 Å². The van der Waals surface area contributed by atoms with Crippen molar-refractivity contribution in [3.8, 4) is 0 Å². The molecule has 0 bridgehead atoms. The molecule has 0 aromatic heterocycles. The van der Waals surface area contributed by atoms with Gasteiger partial charge in [0.2, 0.25) is 0 Å². The molecular weight excluding hydrogens is 868 g/mol. The quantitative estimate of drug-likeness (QED) is 0.189. The molecule has 0 atom stereocenters. The van der Waals surface area contributed by atoms with E-state index in [0.717, 1.165) is 0 Å². The van der Waals surface area contributed by atoms with Gasteiger partial charge in [0.05, 0.1) is 0 Å². The van der Waals surface area contributed by atoms with Crippen molar-refractivity contribution in [1.82, 2.24) is 0 Å². The molecule has 0 fully saturated rings. The summed E-state index contributed by atoms with van der Waals surface area (Å²) in [7, 11) is -8.23. The van der Waals surface area contributed by atoms with Crippen molar-refractivity contribution < 1.29 is 0 Å².